The van der Waals surface area contributed by atoms with Gasteiger partial charge in [0.2, 0.25) is 0 Å². The second kappa shape index (κ2) is 12.4. The van der Waals surface area contributed by atoms with Gasteiger partial charge < -0.3 is 19.7 Å². The normalized spacial score (nSPS) is 10.8. The third-order valence-electron chi connectivity index (χ3n) is 4.43. The molecule has 0 saturated heterocycles. The fourth-order valence-electron chi connectivity index (χ4n) is 2.97. The highest BCUT2D eigenvalue weighted by molar-refractivity contribution is 5.69. The van der Waals surface area contributed by atoms with Crippen molar-refractivity contribution in [2.45, 2.75) is 45.4 Å². The zero-order valence-corrected chi connectivity index (χ0v) is 16.3. The monoisotopic (exact) mass is 372 g/mol. The molecular formula is C23H32O4. The Morgan fingerprint density at radius 1 is 0.741 bits per heavy atom. The first kappa shape index (κ1) is 21.3. The summed E-state index contributed by atoms with van der Waals surface area (Å²) < 4.78 is 12.1. The Balaban J connectivity index is 2.37. The van der Waals surface area contributed by atoms with Gasteiger partial charge >= 0.3 is 0 Å². The van der Waals surface area contributed by atoms with Crippen LogP contribution < -0.4 is 9.47 Å². The van der Waals surface area contributed by atoms with E-state index in [9.17, 15) is 0 Å². The van der Waals surface area contributed by atoms with Crippen LogP contribution in [0.1, 0.15) is 44.6 Å². The maximum Gasteiger partial charge on any atom is 0.126 e. The molecule has 2 aromatic carbocycles. The zero-order valence-electron chi connectivity index (χ0n) is 16.3. The third-order valence-corrected chi connectivity index (χ3v) is 4.43. The highest BCUT2D eigenvalue weighted by atomic mass is 16.5. The highest BCUT2D eigenvalue weighted by Crippen LogP contribution is 2.36. The van der Waals surface area contributed by atoms with E-state index in [-0.39, 0.29) is 13.2 Å². The molecule has 0 aliphatic carbocycles. The molecule has 0 amide bonds. The van der Waals surface area contributed by atoms with Crippen molar-refractivity contribution >= 4 is 0 Å². The lowest BCUT2D eigenvalue weighted by atomic mass is 9.99. The third kappa shape index (κ3) is 6.89. The Morgan fingerprint density at radius 3 is 1.85 bits per heavy atom. The summed E-state index contributed by atoms with van der Waals surface area (Å²) in [4.78, 5) is 0. The van der Waals surface area contributed by atoms with Gasteiger partial charge in [-0.25, -0.2) is 0 Å². The fraction of sp³-hybridized carbons (Fsp3) is 0.478. The number of aliphatic hydroxyl groups excluding tert-OH is 2. The van der Waals surface area contributed by atoms with Crippen molar-refractivity contribution in [3.05, 3.63) is 48.0 Å². The van der Waals surface area contributed by atoms with E-state index in [0.717, 1.165) is 53.9 Å². The lowest BCUT2D eigenvalue weighted by molar-refractivity contribution is 0.225. The quantitative estimate of drug-likeness (QED) is 0.504. The molecule has 0 spiro atoms. The van der Waals surface area contributed by atoms with E-state index in [0.29, 0.717) is 26.1 Å². The van der Waals surface area contributed by atoms with Crippen molar-refractivity contribution in [3.63, 3.8) is 0 Å². The van der Waals surface area contributed by atoms with Crippen LogP contribution in [0, 0.1) is 0 Å². The molecule has 2 aromatic rings. The smallest absolute Gasteiger partial charge is 0.126 e. The SMILES string of the molecule is CCCCCc1c(OCCCO)cc(-c2ccccc2)cc1OCCCO. The van der Waals surface area contributed by atoms with Crippen LogP contribution in [-0.2, 0) is 6.42 Å². The molecule has 0 bridgehead atoms. The number of unbranched alkanes of at least 4 members (excludes halogenated alkanes) is 2. The molecular weight excluding hydrogens is 340 g/mol. The number of ether oxygens (including phenoxy) is 2. The lowest BCUT2D eigenvalue weighted by Gasteiger charge is -2.18. The average molecular weight is 373 g/mol. The van der Waals surface area contributed by atoms with Gasteiger partial charge in [0.1, 0.15) is 11.5 Å². The first-order valence-corrected chi connectivity index (χ1v) is 9.99. The number of hydrogen-bond acceptors (Lipinski definition) is 4. The van der Waals surface area contributed by atoms with Gasteiger partial charge in [-0.2, -0.15) is 0 Å². The van der Waals surface area contributed by atoms with Crippen molar-refractivity contribution in [1.29, 1.82) is 0 Å². The van der Waals surface area contributed by atoms with Crippen LogP contribution in [0.15, 0.2) is 42.5 Å². The van der Waals surface area contributed by atoms with Crippen LogP contribution in [0.3, 0.4) is 0 Å². The number of hydrogen-bond donors (Lipinski definition) is 2. The molecule has 0 aliphatic rings. The zero-order chi connectivity index (χ0) is 19.3. The topological polar surface area (TPSA) is 58.9 Å². The highest BCUT2D eigenvalue weighted by Gasteiger charge is 2.15. The van der Waals surface area contributed by atoms with E-state index in [1.807, 2.05) is 18.2 Å². The molecule has 0 heterocycles. The van der Waals surface area contributed by atoms with Crippen molar-refractivity contribution in [2.24, 2.45) is 0 Å². The van der Waals surface area contributed by atoms with E-state index < -0.39 is 0 Å². The number of aliphatic hydroxyl groups is 2. The molecule has 148 valence electrons. The molecule has 0 fully saturated rings. The minimum Gasteiger partial charge on any atom is -0.493 e. The first-order valence-electron chi connectivity index (χ1n) is 9.99. The summed E-state index contributed by atoms with van der Waals surface area (Å²) in [5, 5.41) is 18.2. The van der Waals surface area contributed by atoms with Gasteiger partial charge in [0.25, 0.3) is 0 Å². The van der Waals surface area contributed by atoms with Gasteiger partial charge in [0.15, 0.2) is 0 Å². The second-order valence-corrected chi connectivity index (χ2v) is 6.63. The molecule has 4 nitrogen and oxygen atoms in total. The number of rotatable bonds is 13. The Labute approximate surface area is 162 Å². The Bertz CT molecular complexity index is 624. The molecule has 0 saturated carbocycles. The van der Waals surface area contributed by atoms with Gasteiger partial charge in [-0.15, -0.1) is 0 Å². The summed E-state index contributed by atoms with van der Waals surface area (Å²) in [6, 6.07) is 14.3. The van der Waals surface area contributed by atoms with E-state index >= 15 is 0 Å². The van der Waals surface area contributed by atoms with Gasteiger partial charge in [0, 0.05) is 31.6 Å². The van der Waals surface area contributed by atoms with E-state index in [4.69, 9.17) is 19.7 Å². The second-order valence-electron chi connectivity index (χ2n) is 6.63. The van der Waals surface area contributed by atoms with Crippen LogP contribution in [0.2, 0.25) is 0 Å². The summed E-state index contributed by atoms with van der Waals surface area (Å²) in [6.45, 7) is 3.37. The lowest BCUT2D eigenvalue weighted by Crippen LogP contribution is -2.07. The van der Waals surface area contributed by atoms with Gasteiger partial charge in [-0.3, -0.25) is 0 Å². The molecule has 4 heteroatoms. The van der Waals surface area contributed by atoms with Crippen LogP contribution in [0.5, 0.6) is 11.5 Å². The van der Waals surface area contributed by atoms with Crippen molar-refractivity contribution in [2.75, 3.05) is 26.4 Å². The van der Waals surface area contributed by atoms with Crippen LogP contribution in [-0.4, -0.2) is 36.6 Å². The standard InChI is InChI=1S/C23H32O4/c1-2-3-5-12-21-22(26-15-8-13-24)17-20(19-10-6-4-7-11-19)18-23(21)27-16-9-14-25/h4,6-7,10-11,17-18,24-25H,2-3,5,8-9,12-16H2,1H3. The molecule has 2 N–H and O–H groups in total. The minimum atomic E-state index is 0.114. The molecule has 27 heavy (non-hydrogen) atoms. The van der Waals surface area contributed by atoms with Gasteiger partial charge in [0.05, 0.1) is 13.2 Å². The van der Waals surface area contributed by atoms with E-state index in [2.05, 4.69) is 31.2 Å². The predicted octanol–water partition coefficient (Wildman–Crippen LogP) is 4.61. The molecule has 0 unspecified atom stereocenters. The molecule has 0 atom stereocenters. The summed E-state index contributed by atoms with van der Waals surface area (Å²) in [6.07, 6.45) is 5.49. The van der Waals surface area contributed by atoms with Crippen LogP contribution in [0.4, 0.5) is 0 Å². The maximum atomic E-state index is 9.09. The van der Waals surface area contributed by atoms with Crippen molar-refractivity contribution < 1.29 is 19.7 Å². The molecule has 0 radical (unpaired) electrons. The first-order chi connectivity index (χ1) is 13.3. The summed E-state index contributed by atoms with van der Waals surface area (Å²) >= 11 is 0. The van der Waals surface area contributed by atoms with Crippen molar-refractivity contribution in [1.82, 2.24) is 0 Å². The number of benzene rings is 2. The van der Waals surface area contributed by atoms with E-state index in [1.165, 1.54) is 0 Å². The Morgan fingerprint density at radius 2 is 1.33 bits per heavy atom. The van der Waals surface area contributed by atoms with Gasteiger partial charge in [-0.05, 0) is 36.1 Å². The van der Waals surface area contributed by atoms with E-state index in [1.54, 1.807) is 0 Å². The fourth-order valence-corrected chi connectivity index (χ4v) is 2.97. The minimum absolute atomic E-state index is 0.114. The summed E-state index contributed by atoms with van der Waals surface area (Å²) in [7, 11) is 0. The molecule has 0 aliphatic heterocycles. The Kier molecular flexibility index (Phi) is 9.74. The van der Waals surface area contributed by atoms with Crippen molar-refractivity contribution in [3.8, 4) is 22.6 Å². The molecule has 2 rings (SSSR count). The maximum absolute atomic E-state index is 9.09. The molecule has 0 aromatic heterocycles. The van der Waals surface area contributed by atoms with Crippen LogP contribution in [0.25, 0.3) is 11.1 Å². The van der Waals surface area contributed by atoms with Crippen LogP contribution >= 0.6 is 0 Å². The largest absolute Gasteiger partial charge is 0.493 e. The average Bonchev–Trinajstić information content (AvgIpc) is 2.70. The van der Waals surface area contributed by atoms with Gasteiger partial charge in [-0.1, -0.05) is 50.1 Å². The summed E-state index contributed by atoms with van der Waals surface area (Å²) in [5.41, 5.74) is 3.24. The predicted molar refractivity (Wildman–Crippen MR) is 110 cm³/mol. The Hall–Kier alpha value is -2.04. The summed E-state index contributed by atoms with van der Waals surface area (Å²) in [5.74, 6) is 1.67.